The summed E-state index contributed by atoms with van der Waals surface area (Å²) in [4.78, 5) is 43.7. The molecule has 15 nitrogen and oxygen atoms in total. The van der Waals surface area contributed by atoms with Crippen LogP contribution < -0.4 is 0 Å². The number of carbonyl (C=O) groups is 2. The number of hydrogen-bond acceptors (Lipinski definition) is 13. The molecule has 64 heavy (non-hydrogen) atoms. The van der Waals surface area contributed by atoms with Crippen molar-refractivity contribution < 1.29 is 71.4 Å². The van der Waals surface area contributed by atoms with Gasteiger partial charge in [0, 0.05) is 12.8 Å². The molecule has 0 amide bonds. The molecule has 5 N–H and O–H groups in total. The van der Waals surface area contributed by atoms with E-state index < -0.39 is 85.5 Å². The van der Waals surface area contributed by atoms with Crippen molar-refractivity contribution in [2.45, 2.75) is 173 Å². The molecule has 0 aromatic carbocycles. The molecule has 0 aromatic heterocycles. The maximum Gasteiger partial charge on any atom is 0.472 e. The van der Waals surface area contributed by atoms with E-state index in [1.54, 1.807) is 0 Å². The number of rotatable bonds is 44. The molecule has 370 valence electrons. The number of aliphatic hydroxyl groups excluding tert-OH is 3. The molecule has 0 aliphatic heterocycles. The van der Waals surface area contributed by atoms with Gasteiger partial charge in [0.1, 0.15) is 31.5 Å². The molecule has 0 spiro atoms. The van der Waals surface area contributed by atoms with Gasteiger partial charge in [-0.3, -0.25) is 27.7 Å². The summed E-state index contributed by atoms with van der Waals surface area (Å²) < 4.78 is 52.9. The van der Waals surface area contributed by atoms with Crippen LogP contribution in [0.4, 0.5) is 0 Å². The Bertz CT molecular complexity index is 1430. The van der Waals surface area contributed by atoms with Crippen molar-refractivity contribution in [3.8, 4) is 0 Å². The first-order valence-electron chi connectivity index (χ1n) is 23.4. The Labute approximate surface area is 383 Å². The van der Waals surface area contributed by atoms with Crippen LogP contribution in [0.1, 0.15) is 155 Å². The summed E-state index contributed by atoms with van der Waals surface area (Å²) in [5, 5.41) is 30.0. The van der Waals surface area contributed by atoms with Crippen LogP contribution in [0.5, 0.6) is 0 Å². The summed E-state index contributed by atoms with van der Waals surface area (Å²) in [6.45, 7) is 0.210. The van der Waals surface area contributed by atoms with Crippen molar-refractivity contribution in [3.05, 3.63) is 72.9 Å². The number of allylic oxidation sites excluding steroid dienone is 12. The van der Waals surface area contributed by atoms with E-state index >= 15 is 0 Å². The normalized spacial score (nSPS) is 15.8. The molecule has 0 saturated carbocycles. The number of esters is 2. The standard InChI is InChI=1S/C47H82O15P2/c1-3-5-7-9-11-13-15-17-19-20-22-24-26-28-30-32-34-36-47(52)58-38-44(49)40-60-64(55,56)62-42-45(50)41-61-63(53,54)59-39-43(48)37-57-46(51)35-33-31-29-27-25-23-21-18-16-14-12-10-8-6-4-2/h5,7,9,11,13,15,17,19-20,22,24,26,43-45,48-50H,3-4,6,8,10,12,14,16,18,21,23,25,27-42H2,1-2H3,(H,53,54)(H,55,56)/b7-5-,11-9+,15-13+,19-17-,22-20+,26-24+. The van der Waals surface area contributed by atoms with Gasteiger partial charge in [-0.2, -0.15) is 0 Å². The lowest BCUT2D eigenvalue weighted by atomic mass is 10.0. The van der Waals surface area contributed by atoms with Crippen molar-refractivity contribution in [2.75, 3.05) is 39.6 Å². The molecular weight excluding hydrogens is 866 g/mol. The molecule has 17 heteroatoms. The Hall–Kier alpha value is -2.52. The van der Waals surface area contributed by atoms with Crippen molar-refractivity contribution in [1.29, 1.82) is 0 Å². The molecule has 0 aliphatic rings. The molecule has 5 unspecified atom stereocenters. The van der Waals surface area contributed by atoms with Crippen LogP contribution in [-0.2, 0) is 46.3 Å². The van der Waals surface area contributed by atoms with E-state index in [0.29, 0.717) is 12.8 Å². The molecule has 0 aliphatic carbocycles. The monoisotopic (exact) mass is 949 g/mol. The number of phosphoric ester groups is 2. The molecular formula is C47H82O15P2. The van der Waals surface area contributed by atoms with Gasteiger partial charge in [-0.25, -0.2) is 9.13 Å². The molecule has 5 atom stereocenters. The number of aliphatic hydroxyl groups is 3. The maximum absolute atomic E-state index is 12.1. The molecule has 0 rings (SSSR count). The second-order valence-electron chi connectivity index (χ2n) is 15.6. The van der Waals surface area contributed by atoms with E-state index in [9.17, 15) is 43.8 Å². The summed E-state index contributed by atoms with van der Waals surface area (Å²) in [7, 11) is -9.59. The van der Waals surface area contributed by atoms with E-state index in [1.807, 2.05) is 66.8 Å². The third kappa shape index (κ3) is 44.7. The smallest absolute Gasteiger partial charge is 0.463 e. The Kier molecular flexibility index (Phi) is 41.4. The summed E-state index contributed by atoms with van der Waals surface area (Å²) in [5.41, 5.74) is 0. The highest BCUT2D eigenvalue weighted by atomic mass is 31.2. The lowest BCUT2D eigenvalue weighted by Gasteiger charge is -2.19. The zero-order valence-electron chi connectivity index (χ0n) is 38.7. The van der Waals surface area contributed by atoms with Gasteiger partial charge in [0.05, 0.1) is 26.4 Å². The molecule has 0 aromatic rings. The summed E-state index contributed by atoms with van der Waals surface area (Å²) in [6, 6.07) is 0. The largest absolute Gasteiger partial charge is 0.472 e. The average molecular weight is 949 g/mol. The Morgan fingerprint density at radius 2 is 0.719 bits per heavy atom. The average Bonchev–Trinajstić information content (AvgIpc) is 3.27. The third-order valence-corrected chi connectivity index (χ3v) is 11.2. The first kappa shape index (κ1) is 61.5. The number of ether oxygens (including phenoxy) is 2. The predicted molar refractivity (Wildman–Crippen MR) is 251 cm³/mol. The third-order valence-electron chi connectivity index (χ3n) is 9.34. The number of hydrogen-bond donors (Lipinski definition) is 5. The fourth-order valence-electron chi connectivity index (χ4n) is 5.71. The summed E-state index contributed by atoms with van der Waals surface area (Å²) in [6.07, 6.45) is 41.7. The van der Waals surface area contributed by atoms with Crippen molar-refractivity contribution in [3.63, 3.8) is 0 Å². The molecule has 0 fully saturated rings. The van der Waals surface area contributed by atoms with Crippen molar-refractivity contribution in [2.24, 2.45) is 0 Å². The van der Waals surface area contributed by atoms with Gasteiger partial charge >= 0.3 is 27.6 Å². The number of phosphoric acid groups is 2. The minimum Gasteiger partial charge on any atom is -0.463 e. The quantitative estimate of drug-likeness (QED) is 0.0166. The topological polar surface area (TPSA) is 225 Å². The van der Waals surface area contributed by atoms with E-state index in [1.165, 1.54) is 70.6 Å². The van der Waals surface area contributed by atoms with E-state index in [2.05, 4.69) is 38.0 Å². The minimum atomic E-state index is -4.80. The van der Waals surface area contributed by atoms with E-state index in [-0.39, 0.29) is 12.8 Å². The Balaban J connectivity index is 3.96. The van der Waals surface area contributed by atoms with Crippen LogP contribution in [0, 0.1) is 0 Å². The molecule has 0 radical (unpaired) electrons. The zero-order valence-corrected chi connectivity index (χ0v) is 40.5. The highest BCUT2D eigenvalue weighted by molar-refractivity contribution is 7.47. The fourth-order valence-corrected chi connectivity index (χ4v) is 7.30. The molecule has 0 bridgehead atoms. The van der Waals surface area contributed by atoms with Gasteiger partial charge < -0.3 is 34.6 Å². The highest BCUT2D eigenvalue weighted by Crippen LogP contribution is 2.45. The predicted octanol–water partition coefficient (Wildman–Crippen LogP) is 10.4. The zero-order chi connectivity index (χ0) is 47.4. The molecule has 0 heterocycles. The molecule has 0 saturated heterocycles. The van der Waals surface area contributed by atoms with Crippen molar-refractivity contribution >= 4 is 27.6 Å². The summed E-state index contributed by atoms with van der Waals surface area (Å²) >= 11 is 0. The lowest BCUT2D eigenvalue weighted by Crippen LogP contribution is -2.25. The van der Waals surface area contributed by atoms with Crippen molar-refractivity contribution in [1.82, 2.24) is 0 Å². The maximum atomic E-state index is 12.1. The van der Waals surface area contributed by atoms with E-state index in [4.69, 9.17) is 9.47 Å². The Morgan fingerprint density at radius 3 is 1.08 bits per heavy atom. The minimum absolute atomic E-state index is 0.141. The van der Waals surface area contributed by atoms with Crippen LogP contribution in [0.2, 0.25) is 0 Å². The van der Waals surface area contributed by atoms with E-state index in [0.717, 1.165) is 44.9 Å². The van der Waals surface area contributed by atoms with Gasteiger partial charge in [-0.05, 0) is 32.1 Å². The van der Waals surface area contributed by atoms with Gasteiger partial charge in [0.2, 0.25) is 0 Å². The summed E-state index contributed by atoms with van der Waals surface area (Å²) in [5.74, 6) is -1.04. The SMILES string of the molecule is CC\C=C/C=C/C=C/C=C\C=C\C=C\CCCCCC(=O)OCC(O)COP(=O)(O)OCC(O)COP(=O)(O)OCC(O)COC(=O)CCCCCCCCCCCCCCCCC. The first-order valence-corrected chi connectivity index (χ1v) is 26.4. The van der Waals surface area contributed by atoms with Crippen LogP contribution in [0.3, 0.4) is 0 Å². The Morgan fingerprint density at radius 1 is 0.422 bits per heavy atom. The fraction of sp³-hybridized carbons (Fsp3) is 0.702. The van der Waals surface area contributed by atoms with Gasteiger partial charge in [-0.15, -0.1) is 0 Å². The second-order valence-corrected chi connectivity index (χ2v) is 18.5. The van der Waals surface area contributed by atoms with Crippen LogP contribution in [-0.4, -0.2) is 95.0 Å². The first-order chi connectivity index (χ1) is 30.8. The second kappa shape index (κ2) is 43.1. The number of carbonyl (C=O) groups excluding carboxylic acids is 2. The lowest BCUT2D eigenvalue weighted by molar-refractivity contribution is -0.148. The van der Waals surface area contributed by atoms with Gasteiger partial charge in [0.15, 0.2) is 0 Å². The van der Waals surface area contributed by atoms with Gasteiger partial charge in [-0.1, -0.05) is 183 Å². The van der Waals surface area contributed by atoms with Gasteiger partial charge in [0.25, 0.3) is 0 Å². The van der Waals surface area contributed by atoms with Crippen LogP contribution in [0.25, 0.3) is 0 Å². The van der Waals surface area contributed by atoms with Crippen LogP contribution in [0.15, 0.2) is 72.9 Å². The van der Waals surface area contributed by atoms with Crippen LogP contribution >= 0.6 is 15.6 Å². The highest BCUT2D eigenvalue weighted by Gasteiger charge is 2.28. The number of unbranched alkanes of at least 4 members (excludes halogenated alkanes) is 17.